The lowest BCUT2D eigenvalue weighted by Gasteiger charge is -2.14. The van der Waals surface area contributed by atoms with Gasteiger partial charge >= 0.3 is 0 Å². The van der Waals surface area contributed by atoms with Gasteiger partial charge in [0.1, 0.15) is 29.3 Å². The summed E-state index contributed by atoms with van der Waals surface area (Å²) in [6.07, 6.45) is 1.31. The number of rotatable bonds is 4. The standard InChI is InChI=1S/C17H16F2N4/c1-23(2)15-7-6-11(8-14(15)19)9-20-17-12-4-3-5-13(18)16(12)21-10-22-17/h3-8,10H,9H2,1-2H3,(H,20,21,22). The number of halogens is 2. The van der Waals surface area contributed by atoms with Gasteiger partial charge in [-0.2, -0.15) is 0 Å². The van der Waals surface area contributed by atoms with Crippen LogP contribution in [-0.2, 0) is 6.54 Å². The second-order valence-corrected chi connectivity index (χ2v) is 5.39. The molecule has 0 saturated heterocycles. The first kappa shape index (κ1) is 15.1. The first-order valence-electron chi connectivity index (χ1n) is 7.15. The van der Waals surface area contributed by atoms with Crippen LogP contribution in [0, 0.1) is 11.6 Å². The number of hydrogen-bond donors (Lipinski definition) is 1. The van der Waals surface area contributed by atoms with Crippen LogP contribution in [0.3, 0.4) is 0 Å². The van der Waals surface area contributed by atoms with E-state index < -0.39 is 5.82 Å². The number of hydrogen-bond acceptors (Lipinski definition) is 4. The van der Waals surface area contributed by atoms with Crippen molar-refractivity contribution in [2.45, 2.75) is 6.54 Å². The summed E-state index contributed by atoms with van der Waals surface area (Å²) >= 11 is 0. The minimum atomic E-state index is -0.394. The molecule has 0 radical (unpaired) electrons. The summed E-state index contributed by atoms with van der Waals surface area (Å²) in [6, 6.07) is 9.76. The summed E-state index contributed by atoms with van der Waals surface area (Å²) in [6.45, 7) is 0.382. The summed E-state index contributed by atoms with van der Waals surface area (Å²) in [5, 5.41) is 3.70. The number of nitrogens with one attached hydrogen (secondary N) is 1. The van der Waals surface area contributed by atoms with Crippen molar-refractivity contribution in [2.75, 3.05) is 24.3 Å². The maximum absolute atomic E-state index is 14.0. The molecule has 0 atom stereocenters. The van der Waals surface area contributed by atoms with Crippen LogP contribution in [0.1, 0.15) is 5.56 Å². The topological polar surface area (TPSA) is 41.0 Å². The summed E-state index contributed by atoms with van der Waals surface area (Å²) in [5.41, 5.74) is 1.57. The van der Waals surface area contributed by atoms with E-state index in [-0.39, 0.29) is 11.3 Å². The van der Waals surface area contributed by atoms with Crippen LogP contribution in [0.4, 0.5) is 20.3 Å². The summed E-state index contributed by atoms with van der Waals surface area (Å²) < 4.78 is 27.7. The third-order valence-corrected chi connectivity index (χ3v) is 3.57. The molecular weight excluding hydrogens is 298 g/mol. The molecule has 6 heteroatoms. The Balaban J connectivity index is 1.84. The van der Waals surface area contributed by atoms with Gasteiger partial charge < -0.3 is 10.2 Å². The molecule has 1 N–H and O–H groups in total. The van der Waals surface area contributed by atoms with Crippen LogP contribution in [0.25, 0.3) is 10.9 Å². The molecule has 0 unspecified atom stereocenters. The fourth-order valence-corrected chi connectivity index (χ4v) is 2.40. The van der Waals surface area contributed by atoms with E-state index in [1.165, 1.54) is 18.5 Å². The largest absolute Gasteiger partial charge is 0.375 e. The minimum absolute atomic E-state index is 0.263. The molecule has 1 aromatic heterocycles. The third kappa shape index (κ3) is 3.06. The van der Waals surface area contributed by atoms with E-state index in [0.717, 1.165) is 5.56 Å². The van der Waals surface area contributed by atoms with Gasteiger partial charge in [-0.15, -0.1) is 0 Å². The Labute approximate surface area is 132 Å². The normalized spacial score (nSPS) is 10.8. The van der Waals surface area contributed by atoms with E-state index in [1.54, 1.807) is 37.2 Å². The Hall–Kier alpha value is -2.76. The molecule has 118 valence electrons. The van der Waals surface area contributed by atoms with Crippen LogP contribution < -0.4 is 10.2 Å². The van der Waals surface area contributed by atoms with Gasteiger partial charge in [-0.25, -0.2) is 18.7 Å². The van der Waals surface area contributed by atoms with Crippen LogP contribution in [-0.4, -0.2) is 24.1 Å². The van der Waals surface area contributed by atoms with E-state index in [4.69, 9.17) is 0 Å². The highest BCUT2D eigenvalue weighted by Gasteiger charge is 2.08. The molecule has 0 spiro atoms. The van der Waals surface area contributed by atoms with E-state index in [1.807, 2.05) is 6.07 Å². The van der Waals surface area contributed by atoms with Gasteiger partial charge in [0.2, 0.25) is 0 Å². The fourth-order valence-electron chi connectivity index (χ4n) is 2.40. The van der Waals surface area contributed by atoms with Crippen LogP contribution >= 0.6 is 0 Å². The first-order valence-corrected chi connectivity index (χ1v) is 7.15. The maximum atomic E-state index is 14.0. The van der Waals surface area contributed by atoms with Gasteiger partial charge in [0.05, 0.1) is 5.69 Å². The predicted octanol–water partition coefficient (Wildman–Crippen LogP) is 3.59. The SMILES string of the molecule is CN(C)c1ccc(CNc2ncnc3c(F)cccc23)cc1F. The molecular formula is C17H16F2N4. The number of anilines is 2. The van der Waals surface area contributed by atoms with Crippen LogP contribution in [0.5, 0.6) is 0 Å². The van der Waals surface area contributed by atoms with Crippen molar-refractivity contribution < 1.29 is 8.78 Å². The molecule has 0 aliphatic carbocycles. The van der Waals surface area contributed by atoms with Crippen molar-refractivity contribution in [1.82, 2.24) is 9.97 Å². The van der Waals surface area contributed by atoms with Gasteiger partial charge in [0, 0.05) is 26.0 Å². The highest BCUT2D eigenvalue weighted by molar-refractivity contribution is 5.89. The van der Waals surface area contributed by atoms with E-state index in [0.29, 0.717) is 23.4 Å². The quantitative estimate of drug-likeness (QED) is 0.799. The van der Waals surface area contributed by atoms with Gasteiger partial charge in [-0.3, -0.25) is 0 Å². The molecule has 0 bridgehead atoms. The molecule has 0 amide bonds. The molecule has 0 aliphatic heterocycles. The van der Waals surface area contributed by atoms with Crippen molar-refractivity contribution in [1.29, 1.82) is 0 Å². The van der Waals surface area contributed by atoms with E-state index in [2.05, 4.69) is 15.3 Å². The third-order valence-electron chi connectivity index (χ3n) is 3.57. The average molecular weight is 314 g/mol. The van der Waals surface area contributed by atoms with E-state index >= 15 is 0 Å². The maximum Gasteiger partial charge on any atom is 0.149 e. The van der Waals surface area contributed by atoms with Gasteiger partial charge in [0.15, 0.2) is 0 Å². The number of para-hydroxylation sites is 1. The zero-order valence-electron chi connectivity index (χ0n) is 12.8. The Kier molecular flexibility index (Phi) is 4.06. The Morgan fingerprint density at radius 3 is 2.61 bits per heavy atom. The Bertz CT molecular complexity index is 849. The second kappa shape index (κ2) is 6.16. The van der Waals surface area contributed by atoms with Gasteiger partial charge in [-0.05, 0) is 29.8 Å². The summed E-state index contributed by atoms with van der Waals surface area (Å²) in [5.74, 6) is -0.159. The van der Waals surface area contributed by atoms with Crippen molar-refractivity contribution >= 4 is 22.4 Å². The van der Waals surface area contributed by atoms with Crippen LogP contribution in [0.15, 0.2) is 42.7 Å². The minimum Gasteiger partial charge on any atom is -0.375 e. The molecule has 2 aromatic carbocycles. The summed E-state index contributed by atoms with van der Waals surface area (Å²) in [4.78, 5) is 9.81. The molecule has 0 fully saturated rings. The Morgan fingerprint density at radius 1 is 1.04 bits per heavy atom. The molecule has 23 heavy (non-hydrogen) atoms. The molecule has 3 rings (SSSR count). The number of benzene rings is 2. The van der Waals surface area contributed by atoms with Crippen LogP contribution in [0.2, 0.25) is 0 Å². The Morgan fingerprint density at radius 2 is 1.87 bits per heavy atom. The van der Waals surface area contributed by atoms with Crippen molar-refractivity contribution in [2.24, 2.45) is 0 Å². The molecule has 0 saturated carbocycles. The van der Waals surface area contributed by atoms with Crippen molar-refractivity contribution in [3.63, 3.8) is 0 Å². The number of nitrogens with zero attached hydrogens (tertiary/aromatic N) is 3. The average Bonchev–Trinajstić information content (AvgIpc) is 2.53. The van der Waals surface area contributed by atoms with Crippen molar-refractivity contribution in [3.05, 3.63) is 59.9 Å². The molecule has 3 aromatic rings. The predicted molar refractivity (Wildman–Crippen MR) is 87.5 cm³/mol. The highest BCUT2D eigenvalue weighted by Crippen LogP contribution is 2.23. The summed E-state index contributed by atoms with van der Waals surface area (Å²) in [7, 11) is 3.58. The first-order chi connectivity index (χ1) is 11.1. The van der Waals surface area contributed by atoms with Gasteiger partial charge in [0.25, 0.3) is 0 Å². The van der Waals surface area contributed by atoms with Crippen molar-refractivity contribution in [3.8, 4) is 0 Å². The van der Waals surface area contributed by atoms with Gasteiger partial charge in [-0.1, -0.05) is 12.1 Å². The molecule has 1 heterocycles. The highest BCUT2D eigenvalue weighted by atomic mass is 19.1. The second-order valence-electron chi connectivity index (χ2n) is 5.39. The van der Waals surface area contributed by atoms with E-state index in [9.17, 15) is 8.78 Å². The lowest BCUT2D eigenvalue weighted by Crippen LogP contribution is -2.11. The number of fused-ring (bicyclic) bond motifs is 1. The lowest BCUT2D eigenvalue weighted by atomic mass is 10.1. The lowest BCUT2D eigenvalue weighted by molar-refractivity contribution is 0.624. The molecule has 4 nitrogen and oxygen atoms in total. The zero-order valence-corrected chi connectivity index (χ0v) is 12.8. The zero-order chi connectivity index (χ0) is 16.4. The molecule has 0 aliphatic rings. The number of aromatic nitrogens is 2. The monoisotopic (exact) mass is 314 g/mol. The smallest absolute Gasteiger partial charge is 0.149 e. The fraction of sp³-hybridized carbons (Fsp3) is 0.176.